The van der Waals surface area contributed by atoms with Gasteiger partial charge in [-0.1, -0.05) is 52.4 Å². The smallest absolute Gasteiger partial charge is 0.184 e. The van der Waals surface area contributed by atoms with E-state index in [1.807, 2.05) is 0 Å². The normalized spacial score (nSPS) is 16.9. The predicted molar refractivity (Wildman–Crippen MR) is 92.7 cm³/mol. The van der Waals surface area contributed by atoms with Crippen molar-refractivity contribution in [2.24, 2.45) is 0 Å². The van der Waals surface area contributed by atoms with E-state index in [9.17, 15) is 0 Å². The van der Waals surface area contributed by atoms with Gasteiger partial charge in [0.25, 0.3) is 0 Å². The van der Waals surface area contributed by atoms with Gasteiger partial charge < -0.3 is 15.3 Å². The first kappa shape index (κ1) is 18.1. The Hall–Kier alpha value is 0.0969. The molecule has 0 aliphatic heterocycles. The zero-order chi connectivity index (χ0) is 14.5. The lowest BCUT2D eigenvalue weighted by Gasteiger charge is -2.22. The van der Waals surface area contributed by atoms with E-state index in [0.717, 1.165) is 19.1 Å². The van der Waals surface area contributed by atoms with Crippen LogP contribution in [-0.2, 0) is 0 Å². The molecule has 0 saturated heterocycles. The summed E-state index contributed by atoms with van der Waals surface area (Å²) >= 11 is 0. The highest BCUT2D eigenvalue weighted by Gasteiger charge is 2.11. The maximum absolute atomic E-state index is 3.75. The predicted octanol–water partition coefficient (Wildman–Crippen LogP) is 2.91. The molecule has 3 N–H and O–H groups in total. The maximum Gasteiger partial charge on any atom is 0.184 e. The van der Waals surface area contributed by atoms with Crippen molar-refractivity contribution >= 4 is 9.12 Å². The molecule has 3 nitrogen and oxygen atoms in total. The lowest BCUT2D eigenvalue weighted by Crippen LogP contribution is -2.46. The van der Waals surface area contributed by atoms with Crippen LogP contribution in [0.2, 0.25) is 6.04 Å². The van der Waals surface area contributed by atoms with Gasteiger partial charge in [-0.25, -0.2) is 0 Å². The molecule has 0 heterocycles. The lowest BCUT2D eigenvalue weighted by atomic mass is 9.95. The number of hydrogen-bond acceptors (Lipinski definition) is 3. The van der Waals surface area contributed by atoms with Gasteiger partial charge in [0.1, 0.15) is 0 Å². The topological polar surface area (TPSA) is 36.1 Å². The van der Waals surface area contributed by atoms with Gasteiger partial charge in [0.05, 0.1) is 0 Å². The maximum atomic E-state index is 3.75. The quantitative estimate of drug-likeness (QED) is 0.383. The van der Waals surface area contributed by atoms with Crippen LogP contribution in [0.3, 0.4) is 0 Å². The summed E-state index contributed by atoms with van der Waals surface area (Å²) in [5.41, 5.74) is 0. The SMILES string of the molecule is CCN[SiH](CCCCCCNC1CCCCC1)NCC. The van der Waals surface area contributed by atoms with Crippen molar-refractivity contribution < 1.29 is 0 Å². The van der Waals surface area contributed by atoms with Crippen molar-refractivity contribution in [3.05, 3.63) is 0 Å². The minimum Gasteiger partial charge on any atom is -0.328 e. The molecule has 0 atom stereocenters. The molecule has 0 bridgehead atoms. The van der Waals surface area contributed by atoms with Crippen molar-refractivity contribution in [3.8, 4) is 0 Å². The van der Waals surface area contributed by atoms with Crippen molar-refractivity contribution in [2.45, 2.75) is 83.7 Å². The van der Waals surface area contributed by atoms with Crippen LogP contribution in [-0.4, -0.2) is 34.8 Å². The van der Waals surface area contributed by atoms with Crippen LogP contribution in [0.4, 0.5) is 0 Å². The van der Waals surface area contributed by atoms with E-state index in [4.69, 9.17) is 0 Å². The molecule has 120 valence electrons. The average Bonchev–Trinajstić information content (AvgIpc) is 2.47. The van der Waals surface area contributed by atoms with Crippen LogP contribution in [0.5, 0.6) is 0 Å². The van der Waals surface area contributed by atoms with E-state index < -0.39 is 9.12 Å². The Balaban J connectivity index is 1.88. The van der Waals surface area contributed by atoms with Crippen LogP contribution < -0.4 is 15.3 Å². The van der Waals surface area contributed by atoms with E-state index in [-0.39, 0.29) is 0 Å². The molecule has 0 aromatic carbocycles. The molecule has 1 fully saturated rings. The summed E-state index contributed by atoms with van der Waals surface area (Å²) in [4.78, 5) is 7.29. The Morgan fingerprint density at radius 3 is 2.15 bits per heavy atom. The van der Waals surface area contributed by atoms with Crippen molar-refractivity contribution in [1.82, 2.24) is 15.3 Å². The fraction of sp³-hybridized carbons (Fsp3) is 1.00. The zero-order valence-corrected chi connectivity index (χ0v) is 15.0. The van der Waals surface area contributed by atoms with Crippen LogP contribution in [0.1, 0.15) is 71.6 Å². The van der Waals surface area contributed by atoms with Crippen LogP contribution >= 0.6 is 0 Å². The molecule has 20 heavy (non-hydrogen) atoms. The first-order valence-electron chi connectivity index (χ1n) is 9.07. The highest BCUT2D eigenvalue weighted by atomic mass is 28.3. The van der Waals surface area contributed by atoms with Gasteiger partial charge >= 0.3 is 0 Å². The van der Waals surface area contributed by atoms with Gasteiger partial charge in [-0.15, -0.1) is 0 Å². The molecular weight excluding hydrogens is 262 g/mol. The van der Waals surface area contributed by atoms with Crippen LogP contribution in [0, 0.1) is 0 Å². The number of hydrogen-bond donors (Lipinski definition) is 3. The summed E-state index contributed by atoms with van der Waals surface area (Å²) in [5.74, 6) is 0. The molecule has 1 aliphatic carbocycles. The van der Waals surface area contributed by atoms with E-state index in [0.29, 0.717) is 0 Å². The fourth-order valence-corrected chi connectivity index (χ4v) is 5.44. The summed E-state index contributed by atoms with van der Waals surface area (Å²) in [6.45, 7) is 7.92. The molecular formula is C16H37N3Si. The first-order chi connectivity index (χ1) is 9.86. The van der Waals surface area contributed by atoms with Gasteiger partial charge in [-0.2, -0.15) is 0 Å². The van der Waals surface area contributed by atoms with Crippen LogP contribution in [0.25, 0.3) is 0 Å². The molecule has 0 amide bonds. The van der Waals surface area contributed by atoms with Gasteiger partial charge in [0.15, 0.2) is 9.12 Å². The minimum absolute atomic E-state index is 0.831. The number of rotatable bonds is 12. The van der Waals surface area contributed by atoms with E-state index >= 15 is 0 Å². The average molecular weight is 300 g/mol. The first-order valence-corrected chi connectivity index (χ1v) is 11.0. The second kappa shape index (κ2) is 12.8. The molecule has 0 spiro atoms. The molecule has 0 radical (unpaired) electrons. The van der Waals surface area contributed by atoms with E-state index in [1.165, 1.54) is 70.4 Å². The molecule has 4 heteroatoms. The molecule has 0 unspecified atom stereocenters. The Morgan fingerprint density at radius 1 is 0.850 bits per heavy atom. The third-order valence-electron chi connectivity index (χ3n) is 4.36. The standard InChI is InChI=1S/C16H37N3Si/c1-3-18-20(19-4-2)15-11-6-5-10-14-17-16-12-8-7-9-13-16/h16-20H,3-15H2,1-2H3. The second-order valence-electron chi connectivity index (χ2n) is 6.16. The lowest BCUT2D eigenvalue weighted by molar-refractivity contribution is 0.370. The highest BCUT2D eigenvalue weighted by molar-refractivity contribution is 6.53. The van der Waals surface area contributed by atoms with Crippen molar-refractivity contribution in [1.29, 1.82) is 0 Å². The third-order valence-corrected chi connectivity index (χ3v) is 7.15. The monoisotopic (exact) mass is 299 g/mol. The number of unbranched alkanes of at least 4 members (excludes halogenated alkanes) is 3. The molecule has 0 aromatic rings. The van der Waals surface area contributed by atoms with Crippen molar-refractivity contribution in [2.75, 3.05) is 19.6 Å². The zero-order valence-electron chi connectivity index (χ0n) is 13.8. The largest absolute Gasteiger partial charge is 0.328 e. The molecule has 1 saturated carbocycles. The van der Waals surface area contributed by atoms with E-state index in [1.54, 1.807) is 0 Å². The van der Waals surface area contributed by atoms with Crippen molar-refractivity contribution in [3.63, 3.8) is 0 Å². The molecule has 1 aliphatic rings. The van der Waals surface area contributed by atoms with Gasteiger partial charge in [0, 0.05) is 6.04 Å². The summed E-state index contributed by atoms with van der Waals surface area (Å²) in [7, 11) is -0.831. The summed E-state index contributed by atoms with van der Waals surface area (Å²) in [6.07, 6.45) is 12.8. The van der Waals surface area contributed by atoms with Gasteiger partial charge in [-0.3, -0.25) is 0 Å². The number of nitrogens with one attached hydrogen (secondary N) is 3. The van der Waals surface area contributed by atoms with Crippen LogP contribution in [0.15, 0.2) is 0 Å². The molecule has 1 rings (SSSR count). The highest BCUT2D eigenvalue weighted by Crippen LogP contribution is 2.17. The fourth-order valence-electron chi connectivity index (χ4n) is 3.21. The Kier molecular flexibility index (Phi) is 11.6. The third kappa shape index (κ3) is 9.11. The van der Waals surface area contributed by atoms with E-state index in [2.05, 4.69) is 29.1 Å². The Morgan fingerprint density at radius 2 is 1.50 bits per heavy atom. The van der Waals surface area contributed by atoms with Gasteiger partial charge in [-0.05, 0) is 44.9 Å². The summed E-state index contributed by atoms with van der Waals surface area (Å²) in [5, 5.41) is 3.75. The molecule has 0 aromatic heterocycles. The van der Waals surface area contributed by atoms with Gasteiger partial charge in [0.2, 0.25) is 0 Å². The summed E-state index contributed by atoms with van der Waals surface area (Å²) < 4.78 is 0. The Bertz CT molecular complexity index is 202. The summed E-state index contributed by atoms with van der Waals surface area (Å²) in [6, 6.07) is 2.24. The second-order valence-corrected chi connectivity index (χ2v) is 8.66. The minimum atomic E-state index is -0.831. The Labute approximate surface area is 128 Å².